The van der Waals surface area contributed by atoms with Gasteiger partial charge in [-0.3, -0.25) is 14.9 Å². The number of aliphatic hydroxyl groups excluding tert-OH is 1. The van der Waals surface area contributed by atoms with Gasteiger partial charge in [0, 0.05) is 23.4 Å². The number of rotatable bonds is 6. The molecule has 0 spiro atoms. The first-order valence-electron chi connectivity index (χ1n) is 5.83. The summed E-state index contributed by atoms with van der Waals surface area (Å²) in [4.78, 5) is 22.6. The molecule has 1 aromatic carbocycles. The smallest absolute Gasteiger partial charge is 0.283 e. The number of carbonyl (C=O) groups excluding carboxylic acids is 1. The molecule has 0 saturated heterocycles. The Morgan fingerprint density at radius 2 is 2.26 bits per heavy atom. The third-order valence-electron chi connectivity index (χ3n) is 2.34. The summed E-state index contributed by atoms with van der Waals surface area (Å²) in [5.41, 5.74) is 0.142. The van der Waals surface area contributed by atoms with Gasteiger partial charge in [0.25, 0.3) is 11.6 Å². The van der Waals surface area contributed by atoms with E-state index in [1.54, 1.807) is 26.0 Å². The summed E-state index contributed by atoms with van der Waals surface area (Å²) >= 11 is 1.21. The summed E-state index contributed by atoms with van der Waals surface area (Å²) in [6.45, 7) is 3.94. The monoisotopic (exact) mass is 284 g/mol. The van der Waals surface area contributed by atoms with Gasteiger partial charge in [-0.1, -0.05) is 6.92 Å². The van der Waals surface area contributed by atoms with Gasteiger partial charge in [0.15, 0.2) is 0 Å². The van der Waals surface area contributed by atoms with Crippen molar-refractivity contribution in [2.45, 2.75) is 24.0 Å². The fourth-order valence-electron chi connectivity index (χ4n) is 1.42. The number of carbonyl (C=O) groups is 1. The quantitative estimate of drug-likeness (QED) is 0.472. The molecule has 0 fully saturated rings. The van der Waals surface area contributed by atoms with Crippen molar-refractivity contribution < 1.29 is 14.8 Å². The van der Waals surface area contributed by atoms with Gasteiger partial charge >= 0.3 is 0 Å². The molecule has 6 nitrogen and oxygen atoms in total. The fraction of sp³-hybridized carbons (Fsp3) is 0.417. The molecule has 0 saturated carbocycles. The van der Waals surface area contributed by atoms with Crippen LogP contribution in [0.4, 0.5) is 5.69 Å². The Morgan fingerprint density at radius 1 is 1.58 bits per heavy atom. The van der Waals surface area contributed by atoms with Gasteiger partial charge in [-0.25, -0.2) is 0 Å². The van der Waals surface area contributed by atoms with Gasteiger partial charge in [-0.2, -0.15) is 0 Å². The highest BCUT2D eigenvalue weighted by molar-refractivity contribution is 8.00. The maximum absolute atomic E-state index is 11.6. The molecule has 7 heteroatoms. The minimum absolute atomic E-state index is 0.0696. The van der Waals surface area contributed by atoms with Gasteiger partial charge in [0.05, 0.1) is 16.4 Å². The average Bonchev–Trinajstić information content (AvgIpc) is 2.38. The van der Waals surface area contributed by atoms with Gasteiger partial charge in [-0.05, 0) is 19.1 Å². The number of hydrogen-bond acceptors (Lipinski definition) is 5. The van der Waals surface area contributed by atoms with Crippen LogP contribution in [0.2, 0.25) is 0 Å². The zero-order chi connectivity index (χ0) is 14.4. The highest BCUT2D eigenvalue weighted by Gasteiger charge is 2.19. The molecule has 1 rings (SSSR count). The lowest BCUT2D eigenvalue weighted by Crippen LogP contribution is -2.22. The van der Waals surface area contributed by atoms with Crippen LogP contribution >= 0.6 is 11.8 Å². The first-order chi connectivity index (χ1) is 8.99. The number of nitro groups is 1. The molecule has 0 heterocycles. The molecule has 104 valence electrons. The number of amides is 1. The summed E-state index contributed by atoms with van der Waals surface area (Å²) in [5, 5.41) is 22.5. The van der Waals surface area contributed by atoms with Crippen molar-refractivity contribution in [3.63, 3.8) is 0 Å². The number of nitro benzene ring substituents is 1. The predicted molar refractivity (Wildman–Crippen MR) is 73.5 cm³/mol. The van der Waals surface area contributed by atoms with Gasteiger partial charge in [0.2, 0.25) is 0 Å². The molecule has 0 radical (unpaired) electrons. The topological polar surface area (TPSA) is 92.5 Å². The molecule has 19 heavy (non-hydrogen) atoms. The van der Waals surface area contributed by atoms with Crippen molar-refractivity contribution >= 4 is 23.4 Å². The van der Waals surface area contributed by atoms with E-state index in [4.69, 9.17) is 5.11 Å². The zero-order valence-corrected chi connectivity index (χ0v) is 11.6. The van der Waals surface area contributed by atoms with E-state index in [-0.39, 0.29) is 29.0 Å². The molecule has 2 N–H and O–H groups in total. The van der Waals surface area contributed by atoms with Gasteiger partial charge < -0.3 is 10.4 Å². The number of aliphatic hydroxyl groups is 1. The van der Waals surface area contributed by atoms with E-state index < -0.39 is 4.92 Å². The third-order valence-corrected chi connectivity index (χ3v) is 3.49. The van der Waals surface area contributed by atoms with Crippen LogP contribution in [0.5, 0.6) is 0 Å². The maximum atomic E-state index is 11.6. The Morgan fingerprint density at radius 3 is 2.79 bits per heavy atom. The predicted octanol–water partition coefficient (Wildman–Crippen LogP) is 1.82. The third kappa shape index (κ3) is 4.22. The Labute approximate surface area is 115 Å². The van der Waals surface area contributed by atoms with Crippen molar-refractivity contribution in [2.75, 3.05) is 13.2 Å². The van der Waals surface area contributed by atoms with Crippen molar-refractivity contribution in [2.24, 2.45) is 0 Å². The van der Waals surface area contributed by atoms with Crippen molar-refractivity contribution in [1.82, 2.24) is 5.32 Å². The van der Waals surface area contributed by atoms with E-state index in [2.05, 4.69) is 5.32 Å². The van der Waals surface area contributed by atoms with Crippen LogP contribution < -0.4 is 5.32 Å². The van der Waals surface area contributed by atoms with Crippen LogP contribution in [-0.4, -0.2) is 34.3 Å². The van der Waals surface area contributed by atoms with E-state index in [1.165, 1.54) is 17.8 Å². The largest absolute Gasteiger partial charge is 0.395 e. The van der Waals surface area contributed by atoms with E-state index in [0.29, 0.717) is 11.4 Å². The normalized spacial score (nSPS) is 11.9. The second kappa shape index (κ2) is 7.10. The Balaban J connectivity index is 3.07. The van der Waals surface area contributed by atoms with Crippen LogP contribution in [0.3, 0.4) is 0 Å². The summed E-state index contributed by atoms with van der Waals surface area (Å²) < 4.78 is 0. The Hall–Kier alpha value is -1.60. The van der Waals surface area contributed by atoms with E-state index in [1.807, 2.05) is 0 Å². The van der Waals surface area contributed by atoms with Crippen LogP contribution in [0.15, 0.2) is 23.1 Å². The minimum atomic E-state index is -0.519. The molecular formula is C12H16N2O4S. The van der Waals surface area contributed by atoms with Crippen molar-refractivity contribution in [3.05, 3.63) is 33.9 Å². The molecule has 1 atom stereocenters. The van der Waals surface area contributed by atoms with Crippen molar-refractivity contribution in [1.29, 1.82) is 0 Å². The highest BCUT2D eigenvalue weighted by Crippen LogP contribution is 2.32. The van der Waals surface area contributed by atoms with Crippen LogP contribution in [0.25, 0.3) is 0 Å². The Bertz CT molecular complexity index is 479. The van der Waals surface area contributed by atoms with Crippen LogP contribution in [0, 0.1) is 10.1 Å². The van der Waals surface area contributed by atoms with Crippen LogP contribution in [0.1, 0.15) is 24.2 Å². The first kappa shape index (κ1) is 15.5. The molecule has 0 aliphatic rings. The highest BCUT2D eigenvalue weighted by atomic mass is 32.2. The summed E-state index contributed by atoms with van der Waals surface area (Å²) in [6, 6.07) is 4.35. The minimum Gasteiger partial charge on any atom is -0.395 e. The second-order valence-electron chi connectivity index (χ2n) is 3.91. The summed E-state index contributed by atoms with van der Waals surface area (Å²) in [6.07, 6.45) is 0. The van der Waals surface area contributed by atoms with Crippen molar-refractivity contribution in [3.8, 4) is 0 Å². The van der Waals surface area contributed by atoms with E-state index in [0.717, 1.165) is 0 Å². The summed E-state index contributed by atoms with van der Waals surface area (Å²) in [5.74, 6) is -0.336. The fourth-order valence-corrected chi connectivity index (χ4v) is 2.33. The SMILES string of the molecule is CCNC(=O)c1ccc(SC(C)CO)c([N+](=O)[O-])c1. The standard InChI is InChI=1S/C12H16N2O4S/c1-3-13-12(16)9-4-5-11(19-8(2)7-15)10(6-9)14(17)18/h4-6,8,15H,3,7H2,1-2H3,(H,13,16). The molecule has 1 unspecified atom stereocenters. The molecule has 0 bridgehead atoms. The lowest BCUT2D eigenvalue weighted by atomic mass is 10.2. The van der Waals surface area contributed by atoms with E-state index in [9.17, 15) is 14.9 Å². The number of nitrogens with zero attached hydrogens (tertiary/aromatic N) is 1. The lowest BCUT2D eigenvalue weighted by Gasteiger charge is -2.09. The number of thioether (sulfide) groups is 1. The maximum Gasteiger partial charge on any atom is 0.283 e. The molecule has 1 aromatic rings. The molecular weight excluding hydrogens is 268 g/mol. The number of benzene rings is 1. The van der Waals surface area contributed by atoms with E-state index >= 15 is 0 Å². The number of hydrogen-bond donors (Lipinski definition) is 2. The van der Waals surface area contributed by atoms with Crippen LogP contribution in [-0.2, 0) is 0 Å². The Kier molecular flexibility index (Phi) is 5.78. The van der Waals surface area contributed by atoms with Gasteiger partial charge in [-0.15, -0.1) is 11.8 Å². The lowest BCUT2D eigenvalue weighted by molar-refractivity contribution is -0.387. The summed E-state index contributed by atoms with van der Waals surface area (Å²) in [7, 11) is 0. The molecule has 0 aliphatic heterocycles. The zero-order valence-electron chi connectivity index (χ0n) is 10.8. The second-order valence-corrected chi connectivity index (χ2v) is 5.39. The molecule has 0 aliphatic carbocycles. The molecule has 1 amide bonds. The first-order valence-corrected chi connectivity index (χ1v) is 6.71. The average molecular weight is 284 g/mol. The number of nitrogens with one attached hydrogen (secondary N) is 1. The van der Waals surface area contributed by atoms with Gasteiger partial charge in [0.1, 0.15) is 0 Å². The molecule has 0 aromatic heterocycles.